The SMILES string of the molecule is CCN(CC)C(=O)[C@H](Sc1ncnc2nc[nH]c12)c1ccccc1. The van der Waals surface area contributed by atoms with Gasteiger partial charge >= 0.3 is 0 Å². The second kappa shape index (κ2) is 7.44. The van der Waals surface area contributed by atoms with Crippen molar-refractivity contribution < 1.29 is 4.79 Å². The summed E-state index contributed by atoms with van der Waals surface area (Å²) in [7, 11) is 0. The number of carbonyl (C=O) groups is 1. The number of imidazole rings is 1. The summed E-state index contributed by atoms with van der Waals surface area (Å²) in [5.74, 6) is 0.0856. The third kappa shape index (κ3) is 3.26. The predicted molar refractivity (Wildman–Crippen MR) is 94.7 cm³/mol. The summed E-state index contributed by atoms with van der Waals surface area (Å²) < 4.78 is 0. The fraction of sp³-hybridized carbons (Fsp3) is 0.294. The van der Waals surface area contributed by atoms with Crippen LogP contribution in [0.4, 0.5) is 0 Å². The highest BCUT2D eigenvalue weighted by Gasteiger charge is 2.27. The van der Waals surface area contributed by atoms with Gasteiger partial charge in [-0.15, -0.1) is 0 Å². The molecule has 3 rings (SSSR count). The molecule has 0 aliphatic carbocycles. The molecule has 1 amide bonds. The van der Waals surface area contributed by atoms with E-state index in [-0.39, 0.29) is 11.2 Å². The molecule has 7 heteroatoms. The third-order valence-electron chi connectivity index (χ3n) is 3.82. The van der Waals surface area contributed by atoms with Crippen LogP contribution in [0, 0.1) is 0 Å². The van der Waals surface area contributed by atoms with E-state index in [1.165, 1.54) is 18.1 Å². The van der Waals surface area contributed by atoms with Gasteiger partial charge in [-0.3, -0.25) is 4.79 Å². The summed E-state index contributed by atoms with van der Waals surface area (Å²) in [6.45, 7) is 5.35. The molecule has 0 bridgehead atoms. The Bertz CT molecular complexity index is 816. The van der Waals surface area contributed by atoms with Crippen molar-refractivity contribution in [3.8, 4) is 0 Å². The molecule has 2 heterocycles. The van der Waals surface area contributed by atoms with Crippen LogP contribution in [0.3, 0.4) is 0 Å². The van der Waals surface area contributed by atoms with E-state index in [2.05, 4.69) is 19.9 Å². The van der Waals surface area contributed by atoms with Crippen LogP contribution < -0.4 is 0 Å². The van der Waals surface area contributed by atoms with Gasteiger partial charge in [-0.05, 0) is 19.4 Å². The zero-order valence-electron chi connectivity index (χ0n) is 13.6. The standard InChI is InChI=1S/C17H19N5OS/c1-3-22(4-2)17(23)14(12-8-6-5-7-9-12)24-16-13-15(19-10-18-13)20-11-21-16/h5-11,14H,3-4H2,1-2H3,(H,18,19,20,21)/t14-/m1/s1. The van der Waals surface area contributed by atoms with Crippen LogP contribution in [0.1, 0.15) is 24.7 Å². The first-order valence-electron chi connectivity index (χ1n) is 7.89. The first-order chi connectivity index (χ1) is 11.7. The maximum atomic E-state index is 13.0. The quantitative estimate of drug-likeness (QED) is 0.551. The molecule has 0 saturated carbocycles. The van der Waals surface area contributed by atoms with E-state index in [4.69, 9.17) is 0 Å². The Morgan fingerprint density at radius 2 is 1.92 bits per heavy atom. The van der Waals surface area contributed by atoms with Gasteiger partial charge in [0.05, 0.1) is 6.33 Å². The van der Waals surface area contributed by atoms with E-state index in [0.29, 0.717) is 18.7 Å². The van der Waals surface area contributed by atoms with E-state index in [9.17, 15) is 4.79 Å². The highest BCUT2D eigenvalue weighted by Crippen LogP contribution is 2.37. The maximum absolute atomic E-state index is 13.0. The monoisotopic (exact) mass is 341 g/mol. The van der Waals surface area contributed by atoms with E-state index in [0.717, 1.165) is 16.1 Å². The maximum Gasteiger partial charge on any atom is 0.240 e. The molecule has 0 aliphatic heterocycles. The smallest absolute Gasteiger partial charge is 0.240 e. The molecular weight excluding hydrogens is 322 g/mol. The molecule has 3 aromatic rings. The lowest BCUT2D eigenvalue weighted by atomic mass is 10.1. The minimum Gasteiger partial charge on any atom is -0.342 e. The van der Waals surface area contributed by atoms with Crippen LogP contribution in [0.15, 0.2) is 48.0 Å². The minimum absolute atomic E-state index is 0.0856. The van der Waals surface area contributed by atoms with Crippen molar-refractivity contribution in [3.63, 3.8) is 0 Å². The van der Waals surface area contributed by atoms with Gasteiger partial charge in [0.2, 0.25) is 5.91 Å². The molecule has 1 N–H and O–H groups in total. The fourth-order valence-electron chi connectivity index (χ4n) is 2.53. The Morgan fingerprint density at radius 1 is 1.17 bits per heavy atom. The highest BCUT2D eigenvalue weighted by atomic mass is 32.2. The van der Waals surface area contributed by atoms with Gasteiger partial charge in [0.15, 0.2) is 5.65 Å². The summed E-state index contributed by atoms with van der Waals surface area (Å²) in [6.07, 6.45) is 3.07. The van der Waals surface area contributed by atoms with Crippen molar-refractivity contribution in [2.45, 2.75) is 24.1 Å². The Balaban J connectivity index is 1.99. The molecule has 24 heavy (non-hydrogen) atoms. The molecule has 1 atom stereocenters. The van der Waals surface area contributed by atoms with Crippen molar-refractivity contribution in [1.29, 1.82) is 0 Å². The average molecular weight is 341 g/mol. The number of nitrogens with one attached hydrogen (secondary N) is 1. The molecule has 0 unspecified atom stereocenters. The normalized spacial score (nSPS) is 12.2. The van der Waals surface area contributed by atoms with Crippen molar-refractivity contribution >= 4 is 28.8 Å². The van der Waals surface area contributed by atoms with E-state index >= 15 is 0 Å². The number of aromatic nitrogens is 4. The second-order valence-electron chi connectivity index (χ2n) is 5.20. The Hall–Kier alpha value is -2.41. The number of hydrogen-bond donors (Lipinski definition) is 1. The van der Waals surface area contributed by atoms with Gasteiger partial charge in [-0.2, -0.15) is 0 Å². The summed E-state index contributed by atoms with van der Waals surface area (Å²) >= 11 is 1.43. The number of benzene rings is 1. The van der Waals surface area contributed by atoms with Crippen LogP contribution in [0.5, 0.6) is 0 Å². The number of likely N-dealkylation sites (N-methyl/N-ethyl adjacent to an activating group) is 1. The number of thioether (sulfide) groups is 1. The van der Waals surface area contributed by atoms with E-state index in [1.807, 2.05) is 49.1 Å². The molecule has 1 aromatic carbocycles. The van der Waals surface area contributed by atoms with Crippen LogP contribution in [-0.4, -0.2) is 43.8 Å². The van der Waals surface area contributed by atoms with E-state index < -0.39 is 0 Å². The van der Waals surface area contributed by atoms with Crippen molar-refractivity contribution in [3.05, 3.63) is 48.5 Å². The predicted octanol–water partition coefficient (Wildman–Crippen LogP) is 3.05. The van der Waals surface area contributed by atoms with E-state index in [1.54, 1.807) is 6.33 Å². The van der Waals surface area contributed by atoms with Crippen LogP contribution in [0.25, 0.3) is 11.2 Å². The zero-order valence-corrected chi connectivity index (χ0v) is 14.5. The largest absolute Gasteiger partial charge is 0.342 e. The van der Waals surface area contributed by atoms with Gasteiger partial charge in [0, 0.05) is 13.1 Å². The highest BCUT2D eigenvalue weighted by molar-refractivity contribution is 8.00. The number of fused-ring (bicyclic) bond motifs is 1. The van der Waals surface area contributed by atoms with Crippen LogP contribution in [0.2, 0.25) is 0 Å². The molecule has 0 aliphatic rings. The molecule has 0 radical (unpaired) electrons. The Morgan fingerprint density at radius 3 is 2.62 bits per heavy atom. The Kier molecular flexibility index (Phi) is 5.10. The number of amides is 1. The fourth-order valence-corrected chi connectivity index (χ4v) is 3.68. The van der Waals surface area contributed by atoms with Gasteiger partial charge in [0.1, 0.15) is 22.1 Å². The van der Waals surface area contributed by atoms with Crippen molar-refractivity contribution in [1.82, 2.24) is 24.8 Å². The summed E-state index contributed by atoms with van der Waals surface area (Å²) in [6, 6.07) is 9.80. The van der Waals surface area contributed by atoms with Crippen LogP contribution >= 0.6 is 11.8 Å². The first kappa shape index (κ1) is 16.4. The van der Waals surface area contributed by atoms with Gasteiger partial charge in [-0.1, -0.05) is 42.1 Å². The van der Waals surface area contributed by atoms with Crippen molar-refractivity contribution in [2.24, 2.45) is 0 Å². The number of aromatic amines is 1. The number of rotatable bonds is 6. The summed E-state index contributed by atoms with van der Waals surface area (Å²) in [5, 5.41) is 0.374. The molecule has 124 valence electrons. The lowest BCUT2D eigenvalue weighted by Crippen LogP contribution is -2.33. The zero-order chi connectivity index (χ0) is 16.9. The minimum atomic E-state index is -0.354. The molecule has 0 fully saturated rings. The van der Waals surface area contributed by atoms with Crippen molar-refractivity contribution in [2.75, 3.05) is 13.1 Å². The number of H-pyrrole nitrogens is 1. The summed E-state index contributed by atoms with van der Waals surface area (Å²) in [5.41, 5.74) is 2.33. The molecule has 0 spiro atoms. The Labute approximate surface area is 144 Å². The van der Waals surface area contributed by atoms with Gasteiger partial charge in [0.25, 0.3) is 0 Å². The number of carbonyl (C=O) groups excluding carboxylic acids is 1. The van der Waals surface area contributed by atoms with Gasteiger partial charge in [-0.25, -0.2) is 15.0 Å². The van der Waals surface area contributed by atoms with Gasteiger partial charge < -0.3 is 9.88 Å². The average Bonchev–Trinajstić information content (AvgIpc) is 3.11. The lowest BCUT2D eigenvalue weighted by molar-refractivity contribution is -0.130. The molecule has 6 nitrogen and oxygen atoms in total. The summed E-state index contributed by atoms with van der Waals surface area (Å²) in [4.78, 5) is 30.6. The molecule has 2 aromatic heterocycles. The second-order valence-corrected chi connectivity index (χ2v) is 6.29. The number of hydrogen-bond acceptors (Lipinski definition) is 5. The molecular formula is C17H19N5OS. The first-order valence-corrected chi connectivity index (χ1v) is 8.77. The topological polar surface area (TPSA) is 74.8 Å². The lowest BCUT2D eigenvalue weighted by Gasteiger charge is -2.25. The third-order valence-corrected chi connectivity index (χ3v) is 5.06. The molecule has 0 saturated heterocycles. The number of nitrogens with zero attached hydrogens (tertiary/aromatic N) is 4. The van der Waals surface area contributed by atoms with Crippen LogP contribution in [-0.2, 0) is 4.79 Å².